The molecule has 6 nitrogen and oxygen atoms in total. The standard InChI is InChI=1S/C39H43F9O6/c1-3-4-5-9-12-26(2)53-35(49)29-15-13-27(14-16-29)28-17-19-30(20-18-28)54-36(50)31-21-22-32(34(41)33(31)40)52-24-11-8-6-7-10-23-51-25-37(42,43)38(44,45)39(46,47)48/h13-22,26H,3-12,23-25H2,1-2H3/t26-/m0/s1. The number of hydrogen-bond donors (Lipinski definition) is 0. The molecule has 0 aliphatic carbocycles. The van der Waals surface area contributed by atoms with Crippen LogP contribution in [0.25, 0.3) is 11.1 Å². The number of alkyl halides is 7. The van der Waals surface area contributed by atoms with Gasteiger partial charge in [0.15, 0.2) is 11.6 Å². The Kier molecular flexibility index (Phi) is 16.7. The summed E-state index contributed by atoms with van der Waals surface area (Å²) < 4.78 is 138. The summed E-state index contributed by atoms with van der Waals surface area (Å²) in [6.07, 6.45) is 0.364. The van der Waals surface area contributed by atoms with Crippen molar-refractivity contribution in [2.75, 3.05) is 19.8 Å². The molecule has 298 valence electrons. The Hall–Kier alpha value is -4.27. The lowest BCUT2D eigenvalue weighted by Gasteiger charge is -2.27. The van der Waals surface area contributed by atoms with Crippen molar-refractivity contribution >= 4 is 11.9 Å². The van der Waals surface area contributed by atoms with Crippen molar-refractivity contribution in [3.8, 4) is 22.6 Å². The number of carbonyl (C=O) groups excluding carboxylic acids is 2. The summed E-state index contributed by atoms with van der Waals surface area (Å²) in [5.41, 5.74) is 1.27. The zero-order valence-electron chi connectivity index (χ0n) is 29.9. The van der Waals surface area contributed by atoms with E-state index in [1.165, 1.54) is 12.1 Å². The van der Waals surface area contributed by atoms with Crippen LogP contribution < -0.4 is 9.47 Å². The molecule has 15 heteroatoms. The summed E-state index contributed by atoms with van der Waals surface area (Å²) in [6.45, 7) is 1.41. The number of esters is 2. The molecule has 0 N–H and O–H groups in total. The number of benzene rings is 3. The zero-order chi connectivity index (χ0) is 39.9. The first-order chi connectivity index (χ1) is 25.5. The fraction of sp³-hybridized carbons (Fsp3) is 0.487. The largest absolute Gasteiger partial charge is 0.490 e. The quantitative estimate of drug-likeness (QED) is 0.0438. The Balaban J connectivity index is 1.39. The highest BCUT2D eigenvalue weighted by Gasteiger charge is 2.73. The Bertz CT molecular complexity index is 1630. The summed E-state index contributed by atoms with van der Waals surface area (Å²) >= 11 is 0. The van der Waals surface area contributed by atoms with Gasteiger partial charge in [0.2, 0.25) is 5.82 Å². The van der Waals surface area contributed by atoms with Crippen LogP contribution in [0, 0.1) is 11.6 Å². The molecule has 3 rings (SSSR count). The van der Waals surface area contributed by atoms with Crippen molar-refractivity contribution in [3.63, 3.8) is 0 Å². The monoisotopic (exact) mass is 778 g/mol. The third-order valence-electron chi connectivity index (χ3n) is 8.35. The molecule has 0 radical (unpaired) electrons. The van der Waals surface area contributed by atoms with E-state index in [0.717, 1.165) is 55.4 Å². The third-order valence-corrected chi connectivity index (χ3v) is 8.35. The topological polar surface area (TPSA) is 71.1 Å². The summed E-state index contributed by atoms with van der Waals surface area (Å²) in [7, 11) is 0. The van der Waals surface area contributed by atoms with Crippen LogP contribution in [-0.2, 0) is 9.47 Å². The Labute approximate surface area is 307 Å². The fourth-order valence-electron chi connectivity index (χ4n) is 5.16. The Morgan fingerprint density at radius 1 is 0.667 bits per heavy atom. The predicted octanol–water partition coefficient (Wildman–Crippen LogP) is 11.5. The van der Waals surface area contributed by atoms with Crippen LogP contribution in [0.4, 0.5) is 39.5 Å². The lowest BCUT2D eigenvalue weighted by molar-refractivity contribution is -0.361. The molecule has 0 saturated heterocycles. The summed E-state index contributed by atoms with van der Waals surface area (Å²) in [6, 6.07) is 15.2. The van der Waals surface area contributed by atoms with Crippen molar-refractivity contribution < 1.29 is 68.1 Å². The second kappa shape index (κ2) is 20.4. The maximum atomic E-state index is 14.8. The van der Waals surface area contributed by atoms with Crippen molar-refractivity contribution in [1.29, 1.82) is 0 Å². The van der Waals surface area contributed by atoms with Gasteiger partial charge in [-0.3, -0.25) is 0 Å². The molecule has 0 amide bonds. The first-order valence-corrected chi connectivity index (χ1v) is 17.6. The molecule has 0 bridgehead atoms. The molecule has 0 aliphatic rings. The maximum absolute atomic E-state index is 14.8. The summed E-state index contributed by atoms with van der Waals surface area (Å²) in [5.74, 6) is -16.4. The molecule has 0 unspecified atom stereocenters. The first kappa shape index (κ1) is 44.1. The maximum Gasteiger partial charge on any atom is 0.459 e. The minimum absolute atomic E-state index is 0.0487. The van der Waals surface area contributed by atoms with E-state index in [1.54, 1.807) is 36.4 Å². The van der Waals surface area contributed by atoms with E-state index in [2.05, 4.69) is 11.7 Å². The van der Waals surface area contributed by atoms with Gasteiger partial charge in [-0.05, 0) is 80.1 Å². The van der Waals surface area contributed by atoms with Crippen LogP contribution in [0.15, 0.2) is 60.7 Å². The highest BCUT2D eigenvalue weighted by atomic mass is 19.4. The van der Waals surface area contributed by atoms with Gasteiger partial charge in [0.05, 0.1) is 23.8 Å². The summed E-state index contributed by atoms with van der Waals surface area (Å²) in [4.78, 5) is 25.2. The van der Waals surface area contributed by atoms with Crippen LogP contribution in [0.1, 0.15) is 98.8 Å². The van der Waals surface area contributed by atoms with E-state index in [9.17, 15) is 49.1 Å². The van der Waals surface area contributed by atoms with E-state index in [1.807, 2.05) is 6.92 Å². The van der Waals surface area contributed by atoms with Crippen LogP contribution in [-0.4, -0.2) is 55.9 Å². The van der Waals surface area contributed by atoms with Crippen LogP contribution in [0.2, 0.25) is 0 Å². The third kappa shape index (κ3) is 12.7. The van der Waals surface area contributed by atoms with Gasteiger partial charge in [0, 0.05) is 6.61 Å². The van der Waals surface area contributed by atoms with Gasteiger partial charge in [-0.15, -0.1) is 0 Å². The molecule has 3 aromatic rings. The van der Waals surface area contributed by atoms with Crippen molar-refractivity contribution in [3.05, 3.63) is 83.4 Å². The Morgan fingerprint density at radius 3 is 1.85 bits per heavy atom. The van der Waals surface area contributed by atoms with Gasteiger partial charge in [-0.2, -0.15) is 35.1 Å². The van der Waals surface area contributed by atoms with E-state index in [0.29, 0.717) is 31.2 Å². The van der Waals surface area contributed by atoms with E-state index < -0.39 is 66.1 Å². The minimum Gasteiger partial charge on any atom is -0.490 e. The van der Waals surface area contributed by atoms with E-state index in [4.69, 9.17) is 14.2 Å². The molecule has 0 heterocycles. The van der Waals surface area contributed by atoms with E-state index >= 15 is 0 Å². The second-order valence-corrected chi connectivity index (χ2v) is 12.7. The molecular formula is C39H43F9O6. The van der Waals surface area contributed by atoms with Gasteiger partial charge in [-0.1, -0.05) is 69.7 Å². The van der Waals surface area contributed by atoms with E-state index in [-0.39, 0.29) is 24.9 Å². The lowest BCUT2D eigenvalue weighted by atomic mass is 10.0. The van der Waals surface area contributed by atoms with Gasteiger partial charge >= 0.3 is 30.0 Å². The highest BCUT2D eigenvalue weighted by Crippen LogP contribution is 2.46. The molecule has 3 aromatic carbocycles. The smallest absolute Gasteiger partial charge is 0.459 e. The zero-order valence-corrected chi connectivity index (χ0v) is 29.9. The Morgan fingerprint density at radius 2 is 1.24 bits per heavy atom. The normalized spacial score (nSPS) is 12.7. The van der Waals surface area contributed by atoms with Gasteiger partial charge in [0.25, 0.3) is 0 Å². The second-order valence-electron chi connectivity index (χ2n) is 12.7. The highest BCUT2D eigenvalue weighted by molar-refractivity contribution is 5.92. The molecule has 1 atom stereocenters. The van der Waals surface area contributed by atoms with Gasteiger partial charge in [-0.25, -0.2) is 14.0 Å². The number of unbranched alkanes of at least 4 members (excludes halogenated alkanes) is 7. The molecule has 0 spiro atoms. The average Bonchev–Trinajstić information content (AvgIpc) is 3.12. The van der Waals surface area contributed by atoms with Crippen LogP contribution >= 0.6 is 0 Å². The molecular weight excluding hydrogens is 735 g/mol. The van der Waals surface area contributed by atoms with Crippen molar-refractivity contribution in [1.82, 2.24) is 0 Å². The lowest BCUT2D eigenvalue weighted by Crippen LogP contribution is -2.54. The summed E-state index contributed by atoms with van der Waals surface area (Å²) in [5, 5.41) is 0. The van der Waals surface area contributed by atoms with Gasteiger partial charge in [0.1, 0.15) is 12.4 Å². The predicted molar refractivity (Wildman–Crippen MR) is 182 cm³/mol. The molecule has 0 aromatic heterocycles. The molecule has 0 fully saturated rings. The number of hydrogen-bond acceptors (Lipinski definition) is 6. The van der Waals surface area contributed by atoms with Crippen molar-refractivity contribution in [2.45, 2.75) is 102 Å². The number of halogens is 9. The van der Waals surface area contributed by atoms with Crippen LogP contribution in [0.3, 0.4) is 0 Å². The van der Waals surface area contributed by atoms with Gasteiger partial charge < -0.3 is 18.9 Å². The molecule has 0 aliphatic heterocycles. The molecule has 54 heavy (non-hydrogen) atoms. The SMILES string of the molecule is CCCCCC[C@H](C)OC(=O)c1ccc(-c2ccc(OC(=O)c3ccc(OCCCCCCCOCC(F)(F)C(F)(F)C(F)(F)F)c(F)c3F)cc2)cc1. The van der Waals surface area contributed by atoms with Crippen molar-refractivity contribution in [2.24, 2.45) is 0 Å². The average molecular weight is 779 g/mol. The fourth-order valence-corrected chi connectivity index (χ4v) is 5.16. The first-order valence-electron chi connectivity index (χ1n) is 17.6. The number of carbonyl (C=O) groups is 2. The molecule has 0 saturated carbocycles. The minimum atomic E-state index is -6.41. The number of ether oxygens (including phenoxy) is 4. The number of rotatable bonds is 22. The van der Waals surface area contributed by atoms with Crippen LogP contribution in [0.5, 0.6) is 11.5 Å².